The summed E-state index contributed by atoms with van der Waals surface area (Å²) in [5, 5.41) is 13.7. The topological polar surface area (TPSA) is 56.3 Å². The molecule has 17 heavy (non-hydrogen) atoms. The van der Waals surface area contributed by atoms with Gasteiger partial charge in [0.2, 0.25) is 0 Å². The lowest BCUT2D eigenvalue weighted by Crippen LogP contribution is -2.18. The summed E-state index contributed by atoms with van der Waals surface area (Å²) in [6, 6.07) is 0. The Balaban J connectivity index is 2.22. The maximum atomic E-state index is 5.20. The van der Waals surface area contributed by atoms with Gasteiger partial charge in [-0.25, -0.2) is 0 Å². The molecule has 0 aliphatic carbocycles. The molecule has 1 unspecified atom stereocenters. The van der Waals surface area contributed by atoms with Crippen molar-refractivity contribution in [2.45, 2.75) is 32.4 Å². The smallest absolute Gasteiger partial charge is 0.131 e. The highest BCUT2D eigenvalue weighted by Gasteiger charge is 2.06. The second kappa shape index (κ2) is 8.52. The number of aryl methyl sites for hydroxylation is 1. The maximum Gasteiger partial charge on any atom is 0.131 e. The van der Waals surface area contributed by atoms with Gasteiger partial charge in [0, 0.05) is 33.7 Å². The molecular weight excluding hydrogens is 238 g/mol. The van der Waals surface area contributed by atoms with Crippen molar-refractivity contribution < 1.29 is 9.47 Å². The standard InChI is InChI=1S/C11H21N3O2S/c1-9(16-3)4-5-10-13-14-11(17-10)8-12-6-7-15-2/h9,12H,4-8H2,1-3H3. The molecule has 1 aromatic rings. The van der Waals surface area contributed by atoms with Gasteiger partial charge in [-0.15, -0.1) is 21.5 Å². The molecule has 5 nitrogen and oxygen atoms in total. The molecule has 1 N–H and O–H groups in total. The quantitative estimate of drug-likeness (QED) is 0.676. The van der Waals surface area contributed by atoms with Gasteiger partial charge in [0.25, 0.3) is 0 Å². The van der Waals surface area contributed by atoms with Gasteiger partial charge in [-0.2, -0.15) is 0 Å². The number of hydrogen-bond donors (Lipinski definition) is 1. The van der Waals surface area contributed by atoms with Gasteiger partial charge in [0.05, 0.1) is 12.7 Å². The molecule has 1 atom stereocenters. The Bertz CT molecular complexity index is 307. The Kier molecular flexibility index (Phi) is 7.27. The molecule has 0 aliphatic rings. The van der Waals surface area contributed by atoms with Gasteiger partial charge in [-0.05, 0) is 13.3 Å². The summed E-state index contributed by atoms with van der Waals surface area (Å²) >= 11 is 1.66. The molecule has 0 fully saturated rings. The summed E-state index contributed by atoms with van der Waals surface area (Å²) in [4.78, 5) is 0. The minimum absolute atomic E-state index is 0.280. The zero-order chi connectivity index (χ0) is 12.5. The van der Waals surface area contributed by atoms with E-state index in [2.05, 4.69) is 22.4 Å². The molecule has 0 amide bonds. The summed E-state index contributed by atoms with van der Waals surface area (Å²) in [5.41, 5.74) is 0. The Labute approximate surface area is 107 Å². The lowest BCUT2D eigenvalue weighted by atomic mass is 10.2. The number of nitrogens with one attached hydrogen (secondary N) is 1. The van der Waals surface area contributed by atoms with Gasteiger partial charge >= 0.3 is 0 Å². The van der Waals surface area contributed by atoms with Crippen LogP contribution in [-0.4, -0.2) is 43.7 Å². The van der Waals surface area contributed by atoms with Crippen molar-refractivity contribution in [1.82, 2.24) is 15.5 Å². The first-order chi connectivity index (χ1) is 8.26. The van der Waals surface area contributed by atoms with E-state index in [0.29, 0.717) is 0 Å². The molecule has 0 saturated carbocycles. The van der Waals surface area contributed by atoms with Gasteiger partial charge in [-0.1, -0.05) is 0 Å². The number of ether oxygens (including phenoxy) is 2. The van der Waals surface area contributed by atoms with Gasteiger partial charge in [0.1, 0.15) is 10.0 Å². The van der Waals surface area contributed by atoms with Crippen molar-refractivity contribution in [2.75, 3.05) is 27.4 Å². The Morgan fingerprint density at radius 2 is 2.06 bits per heavy atom. The van der Waals surface area contributed by atoms with E-state index in [1.807, 2.05) is 0 Å². The third-order valence-corrected chi connectivity index (χ3v) is 3.42. The van der Waals surface area contributed by atoms with Crippen LogP contribution in [0.1, 0.15) is 23.4 Å². The van der Waals surface area contributed by atoms with E-state index < -0.39 is 0 Å². The number of aromatic nitrogens is 2. The molecule has 0 radical (unpaired) electrons. The molecule has 0 saturated heterocycles. The van der Waals surface area contributed by atoms with Crippen molar-refractivity contribution in [1.29, 1.82) is 0 Å². The van der Waals surface area contributed by atoms with Crippen LogP contribution in [0.5, 0.6) is 0 Å². The first-order valence-corrected chi connectivity index (χ1v) is 6.61. The van der Waals surface area contributed by atoms with Gasteiger partial charge < -0.3 is 14.8 Å². The molecule has 1 aromatic heterocycles. The summed E-state index contributed by atoms with van der Waals surface area (Å²) < 4.78 is 10.2. The van der Waals surface area contributed by atoms with E-state index in [9.17, 15) is 0 Å². The molecule has 1 heterocycles. The lowest BCUT2D eigenvalue weighted by Gasteiger charge is -2.06. The fourth-order valence-corrected chi connectivity index (χ4v) is 2.10. The fraction of sp³-hybridized carbons (Fsp3) is 0.818. The second-order valence-electron chi connectivity index (χ2n) is 3.84. The molecule has 0 aliphatic heterocycles. The normalized spacial score (nSPS) is 12.9. The highest BCUT2D eigenvalue weighted by atomic mass is 32.1. The van der Waals surface area contributed by atoms with E-state index in [-0.39, 0.29) is 6.10 Å². The van der Waals surface area contributed by atoms with Crippen LogP contribution in [0.3, 0.4) is 0 Å². The third-order valence-electron chi connectivity index (χ3n) is 2.43. The van der Waals surface area contributed by atoms with E-state index in [1.165, 1.54) is 0 Å². The monoisotopic (exact) mass is 259 g/mol. The van der Waals surface area contributed by atoms with E-state index in [0.717, 1.165) is 42.6 Å². The minimum atomic E-state index is 0.280. The summed E-state index contributed by atoms with van der Waals surface area (Å²) in [6.07, 6.45) is 2.20. The van der Waals surface area contributed by atoms with Crippen molar-refractivity contribution in [2.24, 2.45) is 0 Å². The molecule has 0 aromatic carbocycles. The predicted molar refractivity (Wildman–Crippen MR) is 68.3 cm³/mol. The first-order valence-electron chi connectivity index (χ1n) is 5.80. The lowest BCUT2D eigenvalue weighted by molar-refractivity contribution is 0.111. The van der Waals surface area contributed by atoms with Crippen LogP contribution in [0.2, 0.25) is 0 Å². The minimum Gasteiger partial charge on any atom is -0.383 e. The van der Waals surface area contributed by atoms with Crippen molar-refractivity contribution in [3.63, 3.8) is 0 Å². The van der Waals surface area contributed by atoms with Crippen LogP contribution in [0.4, 0.5) is 0 Å². The van der Waals surface area contributed by atoms with E-state index >= 15 is 0 Å². The van der Waals surface area contributed by atoms with Gasteiger partial charge in [0.15, 0.2) is 0 Å². The fourth-order valence-electron chi connectivity index (χ4n) is 1.27. The van der Waals surface area contributed by atoms with Crippen LogP contribution in [0.15, 0.2) is 0 Å². The summed E-state index contributed by atoms with van der Waals surface area (Å²) in [5.74, 6) is 0. The summed E-state index contributed by atoms with van der Waals surface area (Å²) in [7, 11) is 3.43. The highest BCUT2D eigenvalue weighted by molar-refractivity contribution is 7.11. The van der Waals surface area contributed by atoms with Gasteiger partial charge in [-0.3, -0.25) is 0 Å². The zero-order valence-corrected chi connectivity index (χ0v) is 11.5. The Morgan fingerprint density at radius 1 is 1.29 bits per heavy atom. The van der Waals surface area contributed by atoms with Crippen molar-refractivity contribution >= 4 is 11.3 Å². The average molecular weight is 259 g/mol. The molecule has 98 valence electrons. The number of methoxy groups -OCH3 is 2. The molecule has 0 bridgehead atoms. The predicted octanol–water partition coefficient (Wildman–Crippen LogP) is 1.24. The SMILES string of the molecule is COCCNCc1nnc(CCC(C)OC)s1. The van der Waals surface area contributed by atoms with Crippen molar-refractivity contribution in [3.05, 3.63) is 10.0 Å². The highest BCUT2D eigenvalue weighted by Crippen LogP contribution is 2.12. The summed E-state index contributed by atoms with van der Waals surface area (Å²) in [6.45, 7) is 4.39. The largest absolute Gasteiger partial charge is 0.383 e. The van der Waals surface area contributed by atoms with Crippen LogP contribution < -0.4 is 5.32 Å². The second-order valence-corrected chi connectivity index (χ2v) is 4.99. The average Bonchev–Trinajstić information content (AvgIpc) is 2.79. The molecule has 0 spiro atoms. The van der Waals surface area contributed by atoms with E-state index in [4.69, 9.17) is 9.47 Å². The molecule has 6 heteroatoms. The first kappa shape index (κ1) is 14.5. The zero-order valence-electron chi connectivity index (χ0n) is 10.7. The van der Waals surface area contributed by atoms with Crippen LogP contribution >= 0.6 is 11.3 Å². The van der Waals surface area contributed by atoms with E-state index in [1.54, 1.807) is 25.6 Å². The number of nitrogens with zero attached hydrogens (tertiary/aromatic N) is 2. The Hall–Kier alpha value is -0.560. The molecule has 1 rings (SSSR count). The van der Waals surface area contributed by atoms with Crippen LogP contribution in [-0.2, 0) is 22.4 Å². The third kappa shape index (κ3) is 6.07. The Morgan fingerprint density at radius 3 is 2.76 bits per heavy atom. The number of hydrogen-bond acceptors (Lipinski definition) is 6. The van der Waals surface area contributed by atoms with Crippen LogP contribution in [0, 0.1) is 0 Å². The van der Waals surface area contributed by atoms with Crippen LogP contribution in [0.25, 0.3) is 0 Å². The van der Waals surface area contributed by atoms with Crippen molar-refractivity contribution in [3.8, 4) is 0 Å². The maximum absolute atomic E-state index is 5.20. The molecular formula is C11H21N3O2S. The number of rotatable bonds is 9.